The van der Waals surface area contributed by atoms with Gasteiger partial charge in [0.2, 0.25) is 5.91 Å². The molecule has 2 heterocycles. The molecular weight excluding hydrogens is 260 g/mol. The number of nitrogens with zero attached hydrogens (tertiary/aromatic N) is 1. The van der Waals surface area contributed by atoms with Gasteiger partial charge in [-0.15, -0.1) is 12.4 Å². The monoisotopic (exact) mass is 288 g/mol. The van der Waals surface area contributed by atoms with Gasteiger partial charge in [-0.25, -0.2) is 0 Å². The second-order valence-electron chi connectivity index (χ2n) is 6.32. The van der Waals surface area contributed by atoms with E-state index in [0.29, 0.717) is 11.8 Å². The van der Waals surface area contributed by atoms with Gasteiger partial charge < -0.3 is 10.2 Å². The summed E-state index contributed by atoms with van der Waals surface area (Å²) < 4.78 is 0. The summed E-state index contributed by atoms with van der Waals surface area (Å²) in [5.41, 5.74) is 0. The van der Waals surface area contributed by atoms with E-state index in [1.54, 1.807) is 0 Å². The van der Waals surface area contributed by atoms with Crippen LogP contribution in [0.4, 0.5) is 0 Å². The van der Waals surface area contributed by atoms with Crippen LogP contribution >= 0.6 is 12.4 Å². The van der Waals surface area contributed by atoms with E-state index in [2.05, 4.69) is 24.1 Å². The fraction of sp³-hybridized carbons (Fsp3) is 0.933. The number of hydrogen-bond acceptors (Lipinski definition) is 2. The largest absolute Gasteiger partial charge is 0.342 e. The molecule has 1 amide bonds. The van der Waals surface area contributed by atoms with Gasteiger partial charge in [0.25, 0.3) is 0 Å². The van der Waals surface area contributed by atoms with Crippen molar-refractivity contribution < 1.29 is 4.79 Å². The molecular formula is C15H29ClN2O. The molecule has 0 aliphatic carbocycles. The molecule has 0 aromatic heterocycles. The Morgan fingerprint density at radius 2 is 1.84 bits per heavy atom. The molecule has 2 atom stereocenters. The van der Waals surface area contributed by atoms with Gasteiger partial charge in [-0.1, -0.05) is 13.8 Å². The normalized spacial score (nSPS) is 28.8. The van der Waals surface area contributed by atoms with Crippen molar-refractivity contribution in [1.82, 2.24) is 10.2 Å². The molecule has 2 aliphatic heterocycles. The van der Waals surface area contributed by atoms with Crippen molar-refractivity contribution in [2.75, 3.05) is 26.2 Å². The molecule has 0 aromatic rings. The molecule has 2 aliphatic rings. The third-order valence-corrected chi connectivity index (χ3v) is 4.91. The van der Waals surface area contributed by atoms with Gasteiger partial charge in [0.05, 0.1) is 0 Å². The predicted molar refractivity (Wildman–Crippen MR) is 81.6 cm³/mol. The van der Waals surface area contributed by atoms with Gasteiger partial charge in [-0.2, -0.15) is 0 Å². The van der Waals surface area contributed by atoms with Crippen LogP contribution in [0.3, 0.4) is 0 Å². The number of nitrogens with one attached hydrogen (secondary N) is 1. The fourth-order valence-electron chi connectivity index (χ4n) is 3.15. The molecule has 2 saturated heterocycles. The van der Waals surface area contributed by atoms with E-state index in [4.69, 9.17) is 0 Å². The van der Waals surface area contributed by atoms with Crippen LogP contribution < -0.4 is 5.32 Å². The minimum atomic E-state index is 0. The smallest absolute Gasteiger partial charge is 0.222 e. The second-order valence-corrected chi connectivity index (χ2v) is 6.32. The van der Waals surface area contributed by atoms with Crippen molar-refractivity contribution in [3.8, 4) is 0 Å². The Labute approximate surface area is 123 Å². The lowest BCUT2D eigenvalue weighted by Crippen LogP contribution is -2.42. The molecule has 1 N–H and O–H groups in total. The molecule has 4 heteroatoms. The van der Waals surface area contributed by atoms with Crippen molar-refractivity contribution in [2.45, 2.75) is 46.0 Å². The maximum Gasteiger partial charge on any atom is 0.222 e. The van der Waals surface area contributed by atoms with E-state index in [0.717, 1.165) is 50.9 Å². The Morgan fingerprint density at radius 1 is 1.16 bits per heavy atom. The molecule has 2 rings (SSSR count). The maximum absolute atomic E-state index is 12.2. The highest BCUT2D eigenvalue weighted by Crippen LogP contribution is 2.24. The van der Waals surface area contributed by atoms with Crippen LogP contribution in [-0.4, -0.2) is 37.0 Å². The van der Waals surface area contributed by atoms with Gasteiger partial charge in [0.1, 0.15) is 0 Å². The summed E-state index contributed by atoms with van der Waals surface area (Å²) in [7, 11) is 0. The first-order chi connectivity index (χ1) is 8.66. The number of hydrogen-bond donors (Lipinski definition) is 1. The van der Waals surface area contributed by atoms with Crippen molar-refractivity contribution in [2.24, 2.45) is 17.8 Å². The number of rotatable bonds is 3. The van der Waals surface area contributed by atoms with Crippen LogP contribution in [0.15, 0.2) is 0 Å². The predicted octanol–water partition coefficient (Wildman–Crippen LogP) is 2.69. The molecule has 0 spiro atoms. The summed E-state index contributed by atoms with van der Waals surface area (Å²) in [6, 6.07) is 0. The maximum atomic E-state index is 12.2. The Morgan fingerprint density at radius 3 is 2.47 bits per heavy atom. The first kappa shape index (κ1) is 16.8. The van der Waals surface area contributed by atoms with Crippen molar-refractivity contribution in [1.29, 1.82) is 0 Å². The lowest BCUT2D eigenvalue weighted by Gasteiger charge is -2.35. The summed E-state index contributed by atoms with van der Waals surface area (Å²) >= 11 is 0. The van der Waals surface area contributed by atoms with Gasteiger partial charge in [-0.3, -0.25) is 4.79 Å². The second kappa shape index (κ2) is 8.11. The Balaban J connectivity index is 0.00000180. The summed E-state index contributed by atoms with van der Waals surface area (Å²) in [4.78, 5) is 14.3. The van der Waals surface area contributed by atoms with Crippen molar-refractivity contribution in [3.63, 3.8) is 0 Å². The third kappa shape index (κ3) is 4.96. The van der Waals surface area contributed by atoms with Gasteiger partial charge >= 0.3 is 0 Å². The van der Waals surface area contributed by atoms with Gasteiger partial charge in [0, 0.05) is 19.5 Å². The van der Waals surface area contributed by atoms with Crippen LogP contribution in [-0.2, 0) is 4.79 Å². The lowest BCUT2D eigenvalue weighted by molar-refractivity contribution is -0.133. The van der Waals surface area contributed by atoms with Crippen LogP contribution in [0.25, 0.3) is 0 Å². The lowest BCUT2D eigenvalue weighted by atomic mass is 9.88. The van der Waals surface area contributed by atoms with Crippen LogP contribution in [0.1, 0.15) is 46.0 Å². The molecule has 2 fully saturated rings. The van der Waals surface area contributed by atoms with Crippen LogP contribution in [0.2, 0.25) is 0 Å². The zero-order valence-corrected chi connectivity index (χ0v) is 13.2. The first-order valence-corrected chi connectivity index (χ1v) is 7.65. The van der Waals surface area contributed by atoms with Gasteiger partial charge in [0.15, 0.2) is 0 Å². The number of halogens is 1. The zero-order chi connectivity index (χ0) is 13.0. The van der Waals surface area contributed by atoms with E-state index >= 15 is 0 Å². The summed E-state index contributed by atoms with van der Waals surface area (Å²) in [5.74, 6) is 2.61. The number of amides is 1. The highest BCUT2D eigenvalue weighted by atomic mass is 35.5. The summed E-state index contributed by atoms with van der Waals surface area (Å²) in [5, 5.41) is 3.38. The molecule has 19 heavy (non-hydrogen) atoms. The third-order valence-electron chi connectivity index (χ3n) is 4.91. The highest BCUT2D eigenvalue weighted by Gasteiger charge is 2.26. The molecule has 0 saturated carbocycles. The number of likely N-dealkylation sites (tertiary alicyclic amines) is 1. The van der Waals surface area contributed by atoms with Crippen LogP contribution in [0.5, 0.6) is 0 Å². The molecule has 0 bridgehead atoms. The summed E-state index contributed by atoms with van der Waals surface area (Å²) in [6.45, 7) is 8.81. The average molecular weight is 289 g/mol. The van der Waals surface area contributed by atoms with E-state index in [1.165, 1.54) is 19.3 Å². The number of carbonyl (C=O) groups is 1. The SMILES string of the molecule is CC1CCN(C(=O)CCC2CCNCC2)CC1C.Cl. The zero-order valence-electron chi connectivity index (χ0n) is 12.4. The minimum absolute atomic E-state index is 0. The standard InChI is InChI=1S/C15H28N2O.ClH/c1-12-7-10-17(11-13(12)2)15(18)4-3-14-5-8-16-9-6-14;/h12-14,16H,3-11H2,1-2H3;1H. The van der Waals surface area contributed by atoms with E-state index in [9.17, 15) is 4.79 Å². The first-order valence-electron chi connectivity index (χ1n) is 7.65. The van der Waals surface area contributed by atoms with E-state index in [-0.39, 0.29) is 12.4 Å². The molecule has 3 nitrogen and oxygen atoms in total. The topological polar surface area (TPSA) is 32.3 Å². The quantitative estimate of drug-likeness (QED) is 0.866. The molecule has 0 aromatic carbocycles. The number of carbonyl (C=O) groups excluding carboxylic acids is 1. The molecule has 0 radical (unpaired) electrons. The fourth-order valence-corrected chi connectivity index (χ4v) is 3.15. The van der Waals surface area contributed by atoms with Crippen molar-refractivity contribution >= 4 is 18.3 Å². The minimum Gasteiger partial charge on any atom is -0.342 e. The van der Waals surface area contributed by atoms with Crippen LogP contribution in [0, 0.1) is 17.8 Å². The Hall–Kier alpha value is -0.280. The summed E-state index contributed by atoms with van der Waals surface area (Å²) in [6.07, 6.45) is 5.55. The highest BCUT2D eigenvalue weighted by molar-refractivity contribution is 5.85. The van der Waals surface area contributed by atoms with Crippen molar-refractivity contribution in [3.05, 3.63) is 0 Å². The molecule has 112 valence electrons. The van der Waals surface area contributed by atoms with Gasteiger partial charge in [-0.05, 0) is 56.5 Å². The Bertz CT molecular complexity index is 279. The Kier molecular flexibility index (Phi) is 7.16. The van der Waals surface area contributed by atoms with E-state index < -0.39 is 0 Å². The average Bonchev–Trinajstić information content (AvgIpc) is 2.40. The molecule has 2 unspecified atom stereocenters. The van der Waals surface area contributed by atoms with E-state index in [1.807, 2.05) is 0 Å². The number of piperidine rings is 2.